The Morgan fingerprint density at radius 1 is 0.659 bits per heavy atom. The zero-order valence-electron chi connectivity index (χ0n) is 24.0. The number of hydrogen-bond donors (Lipinski definition) is 0. The number of esters is 1. The van der Waals surface area contributed by atoms with Crippen LogP contribution in [0.15, 0.2) is 109 Å². The summed E-state index contributed by atoms with van der Waals surface area (Å²) in [6, 6.07) is 37.3. The van der Waals surface area contributed by atoms with Gasteiger partial charge in [0, 0.05) is 39.1 Å². The summed E-state index contributed by atoms with van der Waals surface area (Å²) in [6.07, 6.45) is 0.873. The maximum absolute atomic E-state index is 12.2. The minimum Gasteiger partial charge on any atom is -0.469 e. The lowest BCUT2D eigenvalue weighted by atomic mass is 9.87. The van der Waals surface area contributed by atoms with Crippen LogP contribution >= 0.6 is 0 Å². The molecule has 0 aliphatic carbocycles. The molecule has 210 valence electrons. The Morgan fingerprint density at radius 3 is 1.83 bits per heavy atom. The molecule has 1 fully saturated rings. The van der Waals surface area contributed by atoms with E-state index in [4.69, 9.17) is 9.47 Å². The molecule has 1 aliphatic heterocycles. The third-order valence-electron chi connectivity index (χ3n) is 7.60. The van der Waals surface area contributed by atoms with Crippen molar-refractivity contribution in [1.29, 1.82) is 0 Å². The highest BCUT2D eigenvalue weighted by Crippen LogP contribution is 2.36. The molecule has 0 amide bonds. The molecule has 5 rings (SSSR count). The Bertz CT molecular complexity index is 1420. The number of hydrogen-bond acceptors (Lipinski definition) is 5. The number of ether oxygens (including phenoxy) is 2. The molecule has 0 atom stereocenters. The Kier molecular flexibility index (Phi) is 9.63. The molecule has 0 unspecified atom stereocenters. The van der Waals surface area contributed by atoms with E-state index in [9.17, 15) is 4.79 Å². The van der Waals surface area contributed by atoms with Crippen LogP contribution in [0.2, 0.25) is 0 Å². The lowest BCUT2D eigenvalue weighted by Crippen LogP contribution is -2.43. The molecule has 0 radical (unpaired) electrons. The average Bonchev–Trinajstić information content (AvgIpc) is 3.02. The molecule has 1 aliphatic rings. The fourth-order valence-corrected chi connectivity index (χ4v) is 5.25. The van der Waals surface area contributed by atoms with Gasteiger partial charge >= 0.3 is 5.97 Å². The normalized spacial score (nSPS) is 14.8. The number of carbonyl (C=O) groups excluding carboxylic acids is 1. The van der Waals surface area contributed by atoms with E-state index in [0.29, 0.717) is 12.8 Å². The summed E-state index contributed by atoms with van der Waals surface area (Å²) in [5, 5.41) is 0. The zero-order valence-corrected chi connectivity index (χ0v) is 24.0. The van der Waals surface area contributed by atoms with E-state index in [1.165, 1.54) is 12.7 Å². The number of methoxy groups -OCH3 is 1. The van der Waals surface area contributed by atoms with Gasteiger partial charge in [-0.3, -0.25) is 9.69 Å². The second kappa shape index (κ2) is 13.9. The van der Waals surface area contributed by atoms with Crippen molar-refractivity contribution >= 4 is 17.1 Å². The number of piperazine rings is 1. The van der Waals surface area contributed by atoms with Gasteiger partial charge in [0.1, 0.15) is 11.5 Å². The summed E-state index contributed by atoms with van der Waals surface area (Å²) < 4.78 is 11.1. The SMILES string of the molecule is COC(=O)CC/C(=C(/c1ccc(CN2CCN(C)CC2)cc1)c1ccc(Oc2ccccc2)cc1)c1ccccc1. The van der Waals surface area contributed by atoms with Gasteiger partial charge in [0.2, 0.25) is 0 Å². The van der Waals surface area contributed by atoms with Crippen molar-refractivity contribution in [1.82, 2.24) is 9.80 Å². The number of nitrogens with zero attached hydrogens (tertiary/aromatic N) is 2. The van der Waals surface area contributed by atoms with Gasteiger partial charge in [-0.15, -0.1) is 0 Å². The van der Waals surface area contributed by atoms with Crippen LogP contribution in [0.5, 0.6) is 11.5 Å². The maximum atomic E-state index is 12.2. The van der Waals surface area contributed by atoms with Crippen molar-refractivity contribution in [3.05, 3.63) is 131 Å². The first-order chi connectivity index (χ1) is 20.1. The van der Waals surface area contributed by atoms with Gasteiger partial charge < -0.3 is 14.4 Å². The van der Waals surface area contributed by atoms with Crippen LogP contribution < -0.4 is 4.74 Å². The summed E-state index contributed by atoms with van der Waals surface area (Å²) in [5.74, 6) is 1.36. The first kappa shape index (κ1) is 28.3. The van der Waals surface area contributed by atoms with Gasteiger partial charge in [0.25, 0.3) is 0 Å². The van der Waals surface area contributed by atoms with E-state index in [1.54, 1.807) is 0 Å². The van der Waals surface area contributed by atoms with Gasteiger partial charge in [-0.05, 0) is 71.1 Å². The van der Waals surface area contributed by atoms with E-state index in [-0.39, 0.29) is 5.97 Å². The van der Waals surface area contributed by atoms with E-state index in [0.717, 1.165) is 72.1 Å². The van der Waals surface area contributed by atoms with Crippen LogP contribution in [-0.4, -0.2) is 56.1 Å². The Labute approximate surface area is 243 Å². The Morgan fingerprint density at radius 2 is 1.22 bits per heavy atom. The fourth-order valence-electron chi connectivity index (χ4n) is 5.25. The molecule has 1 saturated heterocycles. The Hall–Kier alpha value is -4.19. The van der Waals surface area contributed by atoms with Crippen molar-refractivity contribution in [2.24, 2.45) is 0 Å². The number of carbonyl (C=O) groups is 1. The van der Waals surface area contributed by atoms with Gasteiger partial charge in [-0.1, -0.05) is 84.9 Å². The minimum atomic E-state index is -0.216. The number of allylic oxidation sites excluding steroid dienone is 1. The highest BCUT2D eigenvalue weighted by molar-refractivity contribution is 5.99. The van der Waals surface area contributed by atoms with E-state index < -0.39 is 0 Å². The van der Waals surface area contributed by atoms with Crippen LogP contribution in [0.25, 0.3) is 11.1 Å². The van der Waals surface area contributed by atoms with Crippen molar-refractivity contribution in [2.75, 3.05) is 40.3 Å². The zero-order chi connectivity index (χ0) is 28.4. The maximum Gasteiger partial charge on any atom is 0.305 e. The van der Waals surface area contributed by atoms with E-state index in [1.807, 2.05) is 60.7 Å². The molecule has 0 saturated carbocycles. The molecule has 0 aromatic heterocycles. The first-order valence-corrected chi connectivity index (χ1v) is 14.3. The predicted octanol–water partition coefficient (Wildman–Crippen LogP) is 7.14. The van der Waals surface area contributed by atoms with Gasteiger partial charge in [-0.25, -0.2) is 0 Å². The lowest BCUT2D eigenvalue weighted by molar-refractivity contribution is -0.140. The fraction of sp³-hybridized carbons (Fsp3) is 0.250. The minimum absolute atomic E-state index is 0.216. The molecule has 0 spiro atoms. The molecule has 4 aromatic carbocycles. The molecule has 1 heterocycles. The highest BCUT2D eigenvalue weighted by Gasteiger charge is 2.18. The van der Waals surface area contributed by atoms with Crippen LogP contribution in [0.4, 0.5) is 0 Å². The van der Waals surface area contributed by atoms with E-state index >= 15 is 0 Å². The summed E-state index contributed by atoms with van der Waals surface area (Å²) >= 11 is 0. The molecule has 5 nitrogen and oxygen atoms in total. The third kappa shape index (κ3) is 7.72. The Balaban J connectivity index is 1.51. The van der Waals surface area contributed by atoms with E-state index in [2.05, 4.69) is 65.4 Å². The summed E-state index contributed by atoms with van der Waals surface area (Å²) in [5.41, 5.74) is 6.81. The standard InChI is InChI=1S/C36H38N2O3/c1-37-23-25-38(26-24-37)27-28-13-15-30(16-14-28)36(34(21-22-35(39)40-2)29-9-5-3-6-10-29)31-17-19-33(20-18-31)41-32-11-7-4-8-12-32/h3-20H,21-27H2,1-2H3/b36-34+. The van der Waals surface area contributed by atoms with Crippen molar-refractivity contribution in [3.63, 3.8) is 0 Å². The monoisotopic (exact) mass is 546 g/mol. The second-order valence-corrected chi connectivity index (χ2v) is 10.5. The summed E-state index contributed by atoms with van der Waals surface area (Å²) in [6.45, 7) is 5.34. The molecule has 0 N–H and O–H groups in total. The van der Waals surface area contributed by atoms with Crippen LogP contribution in [0.1, 0.15) is 35.1 Å². The van der Waals surface area contributed by atoms with Crippen molar-refractivity contribution in [2.45, 2.75) is 19.4 Å². The average molecular weight is 547 g/mol. The highest BCUT2D eigenvalue weighted by atomic mass is 16.5. The van der Waals surface area contributed by atoms with Crippen LogP contribution in [0.3, 0.4) is 0 Å². The predicted molar refractivity (Wildman–Crippen MR) is 166 cm³/mol. The number of likely N-dealkylation sites (N-methyl/N-ethyl adjacent to an activating group) is 1. The smallest absolute Gasteiger partial charge is 0.305 e. The molecule has 41 heavy (non-hydrogen) atoms. The molecule has 5 heteroatoms. The summed E-state index contributed by atoms with van der Waals surface area (Å²) in [7, 11) is 3.63. The molecule has 4 aromatic rings. The number of para-hydroxylation sites is 1. The summed E-state index contributed by atoms with van der Waals surface area (Å²) in [4.78, 5) is 17.1. The van der Waals surface area contributed by atoms with Crippen LogP contribution in [-0.2, 0) is 16.1 Å². The molecule has 0 bridgehead atoms. The number of benzene rings is 4. The van der Waals surface area contributed by atoms with Gasteiger partial charge in [0.05, 0.1) is 7.11 Å². The topological polar surface area (TPSA) is 42.0 Å². The quantitative estimate of drug-likeness (QED) is 0.156. The first-order valence-electron chi connectivity index (χ1n) is 14.3. The second-order valence-electron chi connectivity index (χ2n) is 10.5. The largest absolute Gasteiger partial charge is 0.469 e. The molecular formula is C36H38N2O3. The molecular weight excluding hydrogens is 508 g/mol. The third-order valence-corrected chi connectivity index (χ3v) is 7.60. The van der Waals surface area contributed by atoms with Crippen molar-refractivity contribution < 1.29 is 14.3 Å². The van der Waals surface area contributed by atoms with Gasteiger partial charge in [-0.2, -0.15) is 0 Å². The van der Waals surface area contributed by atoms with Crippen LogP contribution in [0, 0.1) is 0 Å². The number of rotatable bonds is 10. The van der Waals surface area contributed by atoms with Crippen molar-refractivity contribution in [3.8, 4) is 11.5 Å². The lowest BCUT2D eigenvalue weighted by Gasteiger charge is -2.32. The van der Waals surface area contributed by atoms with Gasteiger partial charge in [0.15, 0.2) is 0 Å².